The van der Waals surface area contributed by atoms with Crippen LogP contribution in [0.3, 0.4) is 0 Å². The predicted molar refractivity (Wildman–Crippen MR) is 98.2 cm³/mol. The quantitative estimate of drug-likeness (QED) is 0.495. The fourth-order valence-corrected chi connectivity index (χ4v) is 2.63. The number of benzene rings is 2. The van der Waals surface area contributed by atoms with Crippen molar-refractivity contribution in [3.05, 3.63) is 96.1 Å². The SMILES string of the molecule is O=C(OCc1ccc(-n2cccn2)cc1)c1cn(Cc2ccccc2)nn1. The summed E-state index contributed by atoms with van der Waals surface area (Å²) >= 11 is 0. The van der Waals surface area contributed by atoms with Crippen molar-refractivity contribution in [3.63, 3.8) is 0 Å². The zero-order valence-corrected chi connectivity index (χ0v) is 14.5. The third-order valence-corrected chi connectivity index (χ3v) is 4.01. The summed E-state index contributed by atoms with van der Waals surface area (Å²) in [5.74, 6) is -0.495. The minimum atomic E-state index is -0.495. The van der Waals surface area contributed by atoms with E-state index < -0.39 is 5.97 Å². The van der Waals surface area contributed by atoms with Crippen LogP contribution in [0.1, 0.15) is 21.6 Å². The van der Waals surface area contributed by atoms with Gasteiger partial charge in [0.2, 0.25) is 0 Å². The van der Waals surface area contributed by atoms with E-state index in [0.29, 0.717) is 6.54 Å². The summed E-state index contributed by atoms with van der Waals surface area (Å²) in [6.45, 7) is 0.722. The molecule has 2 aromatic carbocycles. The molecule has 2 aromatic heterocycles. The molecule has 0 aliphatic carbocycles. The van der Waals surface area contributed by atoms with Crippen molar-refractivity contribution in [2.24, 2.45) is 0 Å². The number of carbonyl (C=O) groups is 1. The lowest BCUT2D eigenvalue weighted by Crippen LogP contribution is -2.06. The molecule has 7 heteroatoms. The van der Waals surface area contributed by atoms with Crippen LogP contribution in [0.4, 0.5) is 0 Å². The molecule has 0 N–H and O–H groups in total. The zero-order chi connectivity index (χ0) is 18.5. The number of nitrogens with zero attached hydrogens (tertiary/aromatic N) is 5. The molecule has 4 aromatic rings. The molecule has 0 spiro atoms. The highest BCUT2D eigenvalue weighted by Gasteiger charge is 2.13. The first kappa shape index (κ1) is 16.7. The summed E-state index contributed by atoms with van der Waals surface area (Å²) in [6.07, 6.45) is 5.19. The standard InChI is InChI=1S/C20H17N5O2/c26-20(19-14-24(23-22-19)13-16-5-2-1-3-6-16)27-15-17-7-9-18(10-8-17)25-12-4-11-21-25/h1-12,14H,13,15H2. The fourth-order valence-electron chi connectivity index (χ4n) is 2.63. The van der Waals surface area contributed by atoms with Crippen LogP contribution < -0.4 is 0 Å². The number of ether oxygens (including phenoxy) is 1. The Morgan fingerprint density at radius 3 is 2.52 bits per heavy atom. The summed E-state index contributed by atoms with van der Waals surface area (Å²) in [4.78, 5) is 12.2. The topological polar surface area (TPSA) is 74.8 Å². The lowest BCUT2D eigenvalue weighted by atomic mass is 10.2. The minimum Gasteiger partial charge on any atom is -0.456 e. The van der Waals surface area contributed by atoms with Crippen LogP contribution in [0.15, 0.2) is 79.3 Å². The Kier molecular flexibility index (Phi) is 4.74. The molecule has 4 rings (SSSR count). The van der Waals surface area contributed by atoms with Crippen LogP contribution in [-0.2, 0) is 17.9 Å². The normalized spacial score (nSPS) is 10.7. The first-order valence-corrected chi connectivity index (χ1v) is 8.48. The number of carbonyl (C=O) groups excluding carboxylic acids is 1. The molecule has 0 aliphatic rings. The lowest BCUT2D eigenvalue weighted by molar-refractivity contribution is 0.0465. The number of hydrogen-bond acceptors (Lipinski definition) is 5. The van der Waals surface area contributed by atoms with Crippen molar-refractivity contribution in [2.45, 2.75) is 13.2 Å². The van der Waals surface area contributed by atoms with Gasteiger partial charge in [0.25, 0.3) is 0 Å². The molecule has 0 fully saturated rings. The van der Waals surface area contributed by atoms with E-state index in [1.807, 2.05) is 66.9 Å². The van der Waals surface area contributed by atoms with Gasteiger partial charge in [-0.25, -0.2) is 14.2 Å². The van der Waals surface area contributed by atoms with Crippen molar-refractivity contribution >= 4 is 5.97 Å². The molecule has 0 aliphatic heterocycles. The van der Waals surface area contributed by atoms with Crippen molar-refractivity contribution in [3.8, 4) is 5.69 Å². The van der Waals surface area contributed by atoms with E-state index in [9.17, 15) is 4.79 Å². The van der Waals surface area contributed by atoms with E-state index >= 15 is 0 Å². The molecule has 2 heterocycles. The second-order valence-electron chi connectivity index (χ2n) is 5.98. The average molecular weight is 359 g/mol. The van der Waals surface area contributed by atoms with Crippen LogP contribution >= 0.6 is 0 Å². The van der Waals surface area contributed by atoms with Crippen LogP contribution in [0, 0.1) is 0 Å². The first-order valence-electron chi connectivity index (χ1n) is 8.48. The summed E-state index contributed by atoms with van der Waals surface area (Å²) in [5.41, 5.74) is 3.11. The van der Waals surface area contributed by atoms with Gasteiger partial charge in [-0.1, -0.05) is 47.7 Å². The van der Waals surface area contributed by atoms with Crippen molar-refractivity contribution in [1.29, 1.82) is 0 Å². The molecule has 27 heavy (non-hydrogen) atoms. The summed E-state index contributed by atoms with van der Waals surface area (Å²) < 4.78 is 8.71. The minimum absolute atomic E-state index is 0.170. The van der Waals surface area contributed by atoms with Gasteiger partial charge in [0, 0.05) is 12.4 Å². The largest absolute Gasteiger partial charge is 0.456 e. The molecule has 0 unspecified atom stereocenters. The summed E-state index contributed by atoms with van der Waals surface area (Å²) in [5, 5.41) is 12.1. The highest BCUT2D eigenvalue weighted by Crippen LogP contribution is 2.10. The average Bonchev–Trinajstić information content (AvgIpc) is 3.40. The highest BCUT2D eigenvalue weighted by molar-refractivity contribution is 5.86. The monoisotopic (exact) mass is 359 g/mol. The van der Waals surface area contributed by atoms with Crippen molar-refractivity contribution in [2.75, 3.05) is 0 Å². The van der Waals surface area contributed by atoms with E-state index in [1.54, 1.807) is 21.8 Å². The van der Waals surface area contributed by atoms with Crippen LogP contribution in [-0.4, -0.2) is 30.7 Å². The molecule has 0 radical (unpaired) electrons. The Morgan fingerprint density at radius 2 is 1.78 bits per heavy atom. The number of aromatic nitrogens is 5. The Labute approximate surface area is 155 Å². The molecule has 0 bridgehead atoms. The molecule has 0 atom stereocenters. The van der Waals surface area contributed by atoms with Crippen LogP contribution in [0.5, 0.6) is 0 Å². The Hall–Kier alpha value is -3.74. The van der Waals surface area contributed by atoms with Crippen molar-refractivity contribution in [1.82, 2.24) is 24.8 Å². The van der Waals surface area contributed by atoms with E-state index in [1.165, 1.54) is 0 Å². The Bertz CT molecular complexity index is 1010. The van der Waals surface area contributed by atoms with Crippen molar-refractivity contribution < 1.29 is 9.53 Å². The molecule has 0 saturated carbocycles. The van der Waals surface area contributed by atoms with Gasteiger partial charge in [-0.05, 0) is 29.3 Å². The number of hydrogen-bond donors (Lipinski definition) is 0. The van der Waals surface area contributed by atoms with Crippen LogP contribution in [0.2, 0.25) is 0 Å². The predicted octanol–water partition coefficient (Wildman–Crippen LogP) is 2.87. The molecule has 0 saturated heterocycles. The molecular formula is C20H17N5O2. The van der Waals surface area contributed by atoms with Crippen LogP contribution in [0.25, 0.3) is 5.69 Å². The molecule has 0 amide bonds. The Balaban J connectivity index is 1.34. The second-order valence-corrected chi connectivity index (χ2v) is 5.98. The third-order valence-electron chi connectivity index (χ3n) is 4.01. The highest BCUT2D eigenvalue weighted by atomic mass is 16.5. The molecule has 7 nitrogen and oxygen atoms in total. The number of rotatable bonds is 6. The third kappa shape index (κ3) is 4.09. The zero-order valence-electron chi connectivity index (χ0n) is 14.5. The van der Waals surface area contributed by atoms with E-state index in [4.69, 9.17) is 4.74 Å². The summed E-state index contributed by atoms with van der Waals surface area (Å²) in [6, 6.07) is 19.4. The van der Waals surface area contributed by atoms with Gasteiger partial charge in [-0.3, -0.25) is 0 Å². The first-order chi connectivity index (χ1) is 13.3. The van der Waals surface area contributed by atoms with E-state index in [0.717, 1.165) is 16.8 Å². The maximum atomic E-state index is 12.2. The lowest BCUT2D eigenvalue weighted by Gasteiger charge is -2.05. The second kappa shape index (κ2) is 7.65. The van der Waals surface area contributed by atoms with E-state index in [-0.39, 0.29) is 12.3 Å². The fraction of sp³-hybridized carbons (Fsp3) is 0.100. The van der Waals surface area contributed by atoms with Gasteiger partial charge in [0.05, 0.1) is 18.4 Å². The smallest absolute Gasteiger partial charge is 0.360 e. The maximum Gasteiger partial charge on any atom is 0.360 e. The van der Waals surface area contributed by atoms with E-state index in [2.05, 4.69) is 15.4 Å². The molecule has 134 valence electrons. The summed E-state index contributed by atoms with van der Waals surface area (Å²) in [7, 11) is 0. The van der Waals surface area contributed by atoms with Gasteiger partial charge in [-0.2, -0.15) is 5.10 Å². The Morgan fingerprint density at radius 1 is 0.963 bits per heavy atom. The maximum absolute atomic E-state index is 12.2. The van der Waals surface area contributed by atoms with Gasteiger partial charge in [0.1, 0.15) is 6.61 Å². The number of esters is 1. The van der Waals surface area contributed by atoms with Gasteiger partial charge in [0.15, 0.2) is 5.69 Å². The van der Waals surface area contributed by atoms with Gasteiger partial charge in [-0.15, -0.1) is 5.10 Å². The molecular weight excluding hydrogens is 342 g/mol. The van der Waals surface area contributed by atoms with Gasteiger partial charge >= 0.3 is 5.97 Å². The van der Waals surface area contributed by atoms with Gasteiger partial charge < -0.3 is 4.74 Å².